The molecule has 2 aromatic rings. The van der Waals surface area contributed by atoms with E-state index in [1.165, 1.54) is 11.0 Å². The topological polar surface area (TPSA) is 97.0 Å². The van der Waals surface area contributed by atoms with Crippen molar-refractivity contribution in [2.75, 3.05) is 25.2 Å². The van der Waals surface area contributed by atoms with Crippen molar-refractivity contribution in [2.24, 2.45) is 0 Å². The third kappa shape index (κ3) is 2.87. The average Bonchev–Trinajstić information content (AvgIpc) is 3.11. The molecule has 2 heterocycles. The molecular weight excluding hydrogens is 398 g/mol. The van der Waals surface area contributed by atoms with Gasteiger partial charge in [0.15, 0.2) is 11.5 Å². The maximum absolute atomic E-state index is 13.3. The number of carbonyl (C=O) groups is 3. The fourth-order valence-corrected chi connectivity index (χ4v) is 4.07. The van der Waals surface area contributed by atoms with Crippen LogP contribution in [-0.2, 0) is 15.1 Å². The number of carbonyl (C=O) groups excluding carboxylic acids is 3. The standard InChI is InChI=1S/C20H18ClN3O5/c1-11-9-12(21)10-13-16(11)24(18(26)20(13)17(25)22-19(27)23-20)7-8-29-15-6-4-3-5-14(15)28-2/h3-6,9-10H,7-8H2,1-2H3,(H2,22,23,25,27). The minimum Gasteiger partial charge on any atom is -0.493 e. The Kier molecular flexibility index (Phi) is 4.58. The van der Waals surface area contributed by atoms with Crippen molar-refractivity contribution in [2.45, 2.75) is 12.5 Å². The van der Waals surface area contributed by atoms with E-state index in [1.807, 2.05) is 12.1 Å². The molecule has 0 aromatic heterocycles. The number of nitrogens with zero attached hydrogens (tertiary/aromatic N) is 1. The minimum atomic E-state index is -1.81. The van der Waals surface area contributed by atoms with Crippen LogP contribution in [0.15, 0.2) is 36.4 Å². The summed E-state index contributed by atoms with van der Waals surface area (Å²) in [5, 5.41) is 5.01. The Bertz CT molecular complexity index is 1040. The molecule has 9 heteroatoms. The van der Waals surface area contributed by atoms with Crippen LogP contribution >= 0.6 is 11.6 Å². The molecule has 150 valence electrons. The van der Waals surface area contributed by atoms with E-state index in [4.69, 9.17) is 21.1 Å². The van der Waals surface area contributed by atoms with Crippen molar-refractivity contribution in [1.82, 2.24) is 10.6 Å². The van der Waals surface area contributed by atoms with Crippen LogP contribution in [0.4, 0.5) is 10.5 Å². The van der Waals surface area contributed by atoms with Gasteiger partial charge in [0.2, 0.25) is 5.54 Å². The predicted molar refractivity (Wildman–Crippen MR) is 105 cm³/mol. The Balaban J connectivity index is 1.66. The number of rotatable bonds is 5. The van der Waals surface area contributed by atoms with Gasteiger partial charge in [-0.2, -0.15) is 0 Å². The lowest BCUT2D eigenvalue weighted by Crippen LogP contribution is -2.52. The number of aryl methyl sites for hydroxylation is 1. The first-order chi connectivity index (χ1) is 13.9. The number of benzene rings is 2. The molecule has 2 aliphatic rings. The third-order valence-corrected chi connectivity index (χ3v) is 5.23. The smallest absolute Gasteiger partial charge is 0.323 e. The summed E-state index contributed by atoms with van der Waals surface area (Å²) in [7, 11) is 1.54. The number of fused-ring (bicyclic) bond motifs is 2. The molecule has 1 spiro atoms. The largest absolute Gasteiger partial charge is 0.493 e. The van der Waals surface area contributed by atoms with Gasteiger partial charge in [0, 0.05) is 10.6 Å². The van der Waals surface area contributed by atoms with Crippen molar-refractivity contribution in [3.05, 3.63) is 52.5 Å². The number of hydrogen-bond donors (Lipinski definition) is 2. The second-order valence-electron chi connectivity index (χ2n) is 6.73. The number of halogens is 1. The van der Waals surface area contributed by atoms with E-state index in [9.17, 15) is 14.4 Å². The SMILES string of the molecule is COc1ccccc1OCCN1C(=O)C2(NC(=O)NC2=O)c2cc(Cl)cc(C)c21. The summed E-state index contributed by atoms with van der Waals surface area (Å²) >= 11 is 6.17. The summed E-state index contributed by atoms with van der Waals surface area (Å²) in [6.45, 7) is 2.11. The number of methoxy groups -OCH3 is 1. The molecule has 2 aliphatic heterocycles. The minimum absolute atomic E-state index is 0.152. The van der Waals surface area contributed by atoms with Gasteiger partial charge < -0.3 is 19.7 Å². The molecule has 0 saturated carbocycles. The summed E-state index contributed by atoms with van der Waals surface area (Å²) in [6.07, 6.45) is 0. The Morgan fingerprint density at radius 1 is 1.14 bits per heavy atom. The molecule has 29 heavy (non-hydrogen) atoms. The molecule has 2 N–H and O–H groups in total. The maximum atomic E-state index is 13.3. The average molecular weight is 416 g/mol. The molecule has 4 rings (SSSR count). The van der Waals surface area contributed by atoms with Crippen molar-refractivity contribution in [3.8, 4) is 11.5 Å². The Morgan fingerprint density at radius 3 is 2.52 bits per heavy atom. The molecule has 8 nitrogen and oxygen atoms in total. The van der Waals surface area contributed by atoms with E-state index in [0.717, 1.165) is 0 Å². The van der Waals surface area contributed by atoms with Gasteiger partial charge in [0.05, 0.1) is 19.3 Å². The number of nitrogens with one attached hydrogen (secondary N) is 2. The van der Waals surface area contributed by atoms with Gasteiger partial charge in [0.1, 0.15) is 6.61 Å². The number of hydrogen-bond acceptors (Lipinski definition) is 5. The molecule has 1 atom stereocenters. The van der Waals surface area contributed by atoms with Crippen molar-refractivity contribution >= 4 is 35.1 Å². The first kappa shape index (κ1) is 19.1. The van der Waals surface area contributed by atoms with E-state index in [1.54, 1.807) is 32.2 Å². The predicted octanol–water partition coefficient (Wildman–Crippen LogP) is 2.12. The number of para-hydroxylation sites is 2. The van der Waals surface area contributed by atoms with Crippen LogP contribution in [0.5, 0.6) is 11.5 Å². The van der Waals surface area contributed by atoms with E-state index in [2.05, 4.69) is 10.6 Å². The van der Waals surface area contributed by atoms with Gasteiger partial charge in [0.25, 0.3) is 11.8 Å². The number of anilines is 1. The molecule has 1 unspecified atom stereocenters. The molecule has 0 bridgehead atoms. The molecule has 1 saturated heterocycles. The zero-order valence-corrected chi connectivity index (χ0v) is 16.5. The fourth-order valence-electron chi connectivity index (χ4n) is 3.79. The van der Waals surface area contributed by atoms with Gasteiger partial charge in [-0.15, -0.1) is 0 Å². The Hall–Kier alpha value is -3.26. The lowest BCUT2D eigenvalue weighted by atomic mass is 9.90. The second-order valence-corrected chi connectivity index (χ2v) is 7.17. The highest BCUT2D eigenvalue weighted by Crippen LogP contribution is 2.45. The number of imide groups is 1. The van der Waals surface area contributed by atoms with Crippen LogP contribution in [0, 0.1) is 6.92 Å². The summed E-state index contributed by atoms with van der Waals surface area (Å²) in [5.74, 6) is -0.160. The molecule has 0 radical (unpaired) electrons. The van der Waals surface area contributed by atoms with Crippen LogP contribution in [0.25, 0.3) is 0 Å². The molecular formula is C20H18ClN3O5. The first-order valence-electron chi connectivity index (χ1n) is 8.90. The molecule has 0 aliphatic carbocycles. The number of amides is 4. The lowest BCUT2D eigenvalue weighted by molar-refractivity contribution is -0.134. The highest BCUT2D eigenvalue weighted by atomic mass is 35.5. The highest BCUT2D eigenvalue weighted by molar-refractivity contribution is 6.32. The Labute approximate surface area is 171 Å². The third-order valence-electron chi connectivity index (χ3n) is 5.02. The van der Waals surface area contributed by atoms with E-state index < -0.39 is 23.4 Å². The normalized spacial score (nSPS) is 20.0. The van der Waals surface area contributed by atoms with Gasteiger partial charge in [-0.25, -0.2) is 4.79 Å². The van der Waals surface area contributed by atoms with Crippen LogP contribution in [0.3, 0.4) is 0 Å². The highest BCUT2D eigenvalue weighted by Gasteiger charge is 2.61. The van der Waals surface area contributed by atoms with Crippen LogP contribution in [0.1, 0.15) is 11.1 Å². The van der Waals surface area contributed by atoms with E-state index in [-0.39, 0.29) is 13.2 Å². The molecule has 2 aromatic carbocycles. The fraction of sp³-hybridized carbons (Fsp3) is 0.250. The molecule has 1 fully saturated rings. The van der Waals surface area contributed by atoms with Gasteiger partial charge >= 0.3 is 6.03 Å². The van der Waals surface area contributed by atoms with Crippen molar-refractivity contribution in [1.29, 1.82) is 0 Å². The second kappa shape index (κ2) is 6.97. The monoisotopic (exact) mass is 415 g/mol. The number of ether oxygens (including phenoxy) is 2. The number of urea groups is 1. The zero-order chi connectivity index (χ0) is 20.8. The van der Waals surface area contributed by atoms with Gasteiger partial charge in [-0.1, -0.05) is 23.7 Å². The first-order valence-corrected chi connectivity index (χ1v) is 9.28. The summed E-state index contributed by atoms with van der Waals surface area (Å²) in [6, 6.07) is 9.68. The van der Waals surface area contributed by atoms with Gasteiger partial charge in [-0.3, -0.25) is 14.9 Å². The van der Waals surface area contributed by atoms with E-state index >= 15 is 0 Å². The van der Waals surface area contributed by atoms with Crippen molar-refractivity contribution in [3.63, 3.8) is 0 Å². The molecule has 4 amide bonds. The summed E-state index contributed by atoms with van der Waals surface area (Å²) in [4.78, 5) is 39.2. The zero-order valence-electron chi connectivity index (χ0n) is 15.7. The summed E-state index contributed by atoms with van der Waals surface area (Å²) < 4.78 is 11.0. The van der Waals surface area contributed by atoms with Crippen LogP contribution < -0.4 is 25.0 Å². The van der Waals surface area contributed by atoms with Gasteiger partial charge in [-0.05, 0) is 36.8 Å². The van der Waals surface area contributed by atoms with Crippen molar-refractivity contribution < 1.29 is 23.9 Å². The Morgan fingerprint density at radius 2 is 1.86 bits per heavy atom. The summed E-state index contributed by atoms with van der Waals surface area (Å²) in [5.41, 5.74) is -0.204. The quantitative estimate of drug-likeness (QED) is 0.576. The van der Waals surface area contributed by atoms with E-state index in [0.29, 0.717) is 33.3 Å². The maximum Gasteiger partial charge on any atom is 0.323 e. The lowest BCUT2D eigenvalue weighted by Gasteiger charge is -2.22. The van der Waals surface area contributed by atoms with Crippen LogP contribution in [-0.4, -0.2) is 38.1 Å². The van der Waals surface area contributed by atoms with Crippen LogP contribution in [0.2, 0.25) is 5.02 Å².